The first-order valence-electron chi connectivity index (χ1n) is 7.84. The topological polar surface area (TPSA) is 58.6 Å². The molecule has 0 unspecified atom stereocenters. The second-order valence-corrected chi connectivity index (χ2v) is 5.96. The van der Waals surface area contributed by atoms with Crippen LogP contribution in [0.2, 0.25) is 5.02 Å². The van der Waals surface area contributed by atoms with E-state index in [0.717, 1.165) is 13.0 Å². The Morgan fingerprint density at radius 2 is 1.96 bits per heavy atom. The summed E-state index contributed by atoms with van der Waals surface area (Å²) in [4.78, 5) is 25.4. The number of anilines is 1. The standard InChI is InChI=1S/C17H19ClN4O2/c1-24-15-12-13(18)4-5-14(15)16(23)21-8-3-9-22(11-10-21)17-19-6-2-7-20-17/h2,4-7,12H,3,8-11H2,1H3. The third-order valence-electron chi connectivity index (χ3n) is 4.01. The molecule has 0 N–H and O–H groups in total. The van der Waals surface area contributed by atoms with Crippen LogP contribution in [0.25, 0.3) is 0 Å². The minimum atomic E-state index is -0.0423. The molecule has 0 spiro atoms. The molecule has 1 fully saturated rings. The van der Waals surface area contributed by atoms with Crippen LogP contribution in [-0.4, -0.2) is 54.1 Å². The summed E-state index contributed by atoms with van der Waals surface area (Å²) >= 11 is 5.97. The second-order valence-electron chi connectivity index (χ2n) is 5.53. The van der Waals surface area contributed by atoms with Crippen LogP contribution >= 0.6 is 11.6 Å². The molecule has 0 aliphatic carbocycles. The lowest BCUT2D eigenvalue weighted by Gasteiger charge is -2.22. The van der Waals surface area contributed by atoms with Gasteiger partial charge in [-0.25, -0.2) is 9.97 Å². The summed E-state index contributed by atoms with van der Waals surface area (Å²) in [5, 5.41) is 0.548. The van der Waals surface area contributed by atoms with Gasteiger partial charge in [-0.3, -0.25) is 4.79 Å². The van der Waals surface area contributed by atoms with E-state index >= 15 is 0 Å². The first-order chi connectivity index (χ1) is 11.7. The van der Waals surface area contributed by atoms with Gasteiger partial charge in [0.15, 0.2) is 0 Å². The van der Waals surface area contributed by atoms with Gasteiger partial charge in [0.1, 0.15) is 5.75 Å². The van der Waals surface area contributed by atoms with Crippen molar-refractivity contribution in [3.05, 3.63) is 47.2 Å². The minimum Gasteiger partial charge on any atom is -0.496 e. The van der Waals surface area contributed by atoms with Gasteiger partial charge in [-0.15, -0.1) is 0 Å². The molecule has 1 aromatic carbocycles. The lowest BCUT2D eigenvalue weighted by molar-refractivity contribution is 0.0763. The fourth-order valence-electron chi connectivity index (χ4n) is 2.79. The Morgan fingerprint density at radius 3 is 2.71 bits per heavy atom. The predicted octanol–water partition coefficient (Wildman–Crippen LogP) is 2.49. The third kappa shape index (κ3) is 3.59. The maximum atomic E-state index is 12.8. The van der Waals surface area contributed by atoms with E-state index < -0.39 is 0 Å². The molecule has 1 saturated heterocycles. The molecular weight excluding hydrogens is 328 g/mol. The maximum Gasteiger partial charge on any atom is 0.257 e. The lowest BCUT2D eigenvalue weighted by Crippen LogP contribution is -2.35. The maximum absolute atomic E-state index is 12.8. The van der Waals surface area contributed by atoms with E-state index in [2.05, 4.69) is 14.9 Å². The van der Waals surface area contributed by atoms with Gasteiger partial charge in [0.25, 0.3) is 5.91 Å². The number of halogens is 1. The predicted molar refractivity (Wildman–Crippen MR) is 92.8 cm³/mol. The number of amides is 1. The highest BCUT2D eigenvalue weighted by Crippen LogP contribution is 2.25. The van der Waals surface area contributed by atoms with E-state index in [1.54, 1.807) is 43.8 Å². The molecule has 0 saturated carbocycles. The number of ether oxygens (including phenoxy) is 1. The van der Waals surface area contributed by atoms with Crippen molar-refractivity contribution in [2.24, 2.45) is 0 Å². The Kier molecular flexibility index (Phi) is 5.15. The molecule has 1 aliphatic rings. The quantitative estimate of drug-likeness (QED) is 0.854. The van der Waals surface area contributed by atoms with Crippen molar-refractivity contribution < 1.29 is 9.53 Å². The molecule has 24 heavy (non-hydrogen) atoms. The first kappa shape index (κ1) is 16.5. The number of carbonyl (C=O) groups is 1. The molecule has 1 aliphatic heterocycles. The smallest absolute Gasteiger partial charge is 0.257 e. The Bertz CT molecular complexity index is 711. The van der Waals surface area contributed by atoms with Crippen LogP contribution in [0, 0.1) is 0 Å². The summed E-state index contributed by atoms with van der Waals surface area (Å²) in [7, 11) is 1.54. The van der Waals surface area contributed by atoms with Crippen LogP contribution in [0.4, 0.5) is 5.95 Å². The molecule has 0 radical (unpaired) electrons. The number of hydrogen-bond acceptors (Lipinski definition) is 5. The molecule has 0 atom stereocenters. The fraction of sp³-hybridized carbons (Fsp3) is 0.353. The Hall–Kier alpha value is -2.34. The summed E-state index contributed by atoms with van der Waals surface area (Å²) < 4.78 is 5.30. The van der Waals surface area contributed by atoms with Crippen LogP contribution in [-0.2, 0) is 0 Å². The van der Waals surface area contributed by atoms with Crippen LogP contribution in [0.1, 0.15) is 16.8 Å². The van der Waals surface area contributed by atoms with Gasteiger partial charge < -0.3 is 14.5 Å². The Labute approximate surface area is 146 Å². The molecule has 0 bridgehead atoms. The molecule has 1 aromatic heterocycles. The minimum absolute atomic E-state index is 0.0423. The molecule has 3 rings (SSSR count). The average Bonchev–Trinajstić information content (AvgIpc) is 2.88. The number of methoxy groups -OCH3 is 1. The number of aromatic nitrogens is 2. The zero-order chi connectivity index (χ0) is 16.9. The van der Waals surface area contributed by atoms with Crippen molar-refractivity contribution in [1.82, 2.24) is 14.9 Å². The van der Waals surface area contributed by atoms with Crippen molar-refractivity contribution >= 4 is 23.5 Å². The van der Waals surface area contributed by atoms with Gasteiger partial charge in [0.05, 0.1) is 12.7 Å². The molecule has 2 heterocycles. The van der Waals surface area contributed by atoms with Gasteiger partial charge in [0.2, 0.25) is 5.95 Å². The van der Waals surface area contributed by atoms with Gasteiger partial charge in [-0.05, 0) is 30.7 Å². The van der Waals surface area contributed by atoms with E-state index in [4.69, 9.17) is 16.3 Å². The van der Waals surface area contributed by atoms with Crippen LogP contribution in [0.3, 0.4) is 0 Å². The first-order valence-corrected chi connectivity index (χ1v) is 8.21. The number of carbonyl (C=O) groups excluding carboxylic acids is 1. The fourth-order valence-corrected chi connectivity index (χ4v) is 2.95. The molecule has 1 amide bonds. The highest BCUT2D eigenvalue weighted by Gasteiger charge is 2.23. The summed E-state index contributed by atoms with van der Waals surface area (Å²) in [6.07, 6.45) is 4.32. The normalized spacial score (nSPS) is 15.1. The van der Waals surface area contributed by atoms with Gasteiger partial charge in [0, 0.05) is 43.6 Å². The third-order valence-corrected chi connectivity index (χ3v) is 4.25. The van der Waals surface area contributed by atoms with E-state index in [1.165, 1.54) is 0 Å². The number of benzene rings is 1. The van der Waals surface area contributed by atoms with Crippen molar-refractivity contribution in [3.63, 3.8) is 0 Å². The molecule has 2 aromatic rings. The van der Waals surface area contributed by atoms with E-state index in [9.17, 15) is 4.79 Å². The van der Waals surface area contributed by atoms with E-state index in [0.29, 0.717) is 41.9 Å². The number of hydrogen-bond donors (Lipinski definition) is 0. The zero-order valence-corrected chi connectivity index (χ0v) is 14.2. The summed E-state index contributed by atoms with van der Waals surface area (Å²) in [6.45, 7) is 2.83. The molecule has 7 heteroatoms. The Balaban J connectivity index is 1.73. The monoisotopic (exact) mass is 346 g/mol. The van der Waals surface area contributed by atoms with Crippen molar-refractivity contribution in [2.45, 2.75) is 6.42 Å². The molecule has 126 valence electrons. The zero-order valence-electron chi connectivity index (χ0n) is 13.5. The lowest BCUT2D eigenvalue weighted by atomic mass is 10.1. The van der Waals surface area contributed by atoms with Crippen molar-refractivity contribution in [2.75, 3.05) is 38.2 Å². The van der Waals surface area contributed by atoms with Crippen LogP contribution < -0.4 is 9.64 Å². The van der Waals surface area contributed by atoms with Gasteiger partial charge >= 0.3 is 0 Å². The van der Waals surface area contributed by atoms with Gasteiger partial charge in [-0.2, -0.15) is 0 Å². The highest BCUT2D eigenvalue weighted by molar-refractivity contribution is 6.30. The van der Waals surface area contributed by atoms with E-state index in [1.807, 2.05) is 4.90 Å². The SMILES string of the molecule is COc1cc(Cl)ccc1C(=O)N1CCCN(c2ncccn2)CC1. The van der Waals surface area contributed by atoms with Gasteiger partial charge in [-0.1, -0.05) is 11.6 Å². The second kappa shape index (κ2) is 7.49. The highest BCUT2D eigenvalue weighted by atomic mass is 35.5. The van der Waals surface area contributed by atoms with E-state index in [-0.39, 0.29) is 5.91 Å². The van der Waals surface area contributed by atoms with Crippen LogP contribution in [0.15, 0.2) is 36.7 Å². The molecule has 6 nitrogen and oxygen atoms in total. The summed E-state index contributed by atoms with van der Waals surface area (Å²) in [5.74, 6) is 1.16. The number of nitrogens with zero attached hydrogens (tertiary/aromatic N) is 4. The largest absolute Gasteiger partial charge is 0.496 e. The average molecular weight is 347 g/mol. The van der Waals surface area contributed by atoms with Crippen molar-refractivity contribution in [1.29, 1.82) is 0 Å². The summed E-state index contributed by atoms with van der Waals surface area (Å²) in [6, 6.07) is 6.88. The van der Waals surface area contributed by atoms with Crippen molar-refractivity contribution in [3.8, 4) is 5.75 Å². The Morgan fingerprint density at radius 1 is 1.17 bits per heavy atom. The molecular formula is C17H19ClN4O2. The summed E-state index contributed by atoms with van der Waals surface area (Å²) in [5.41, 5.74) is 0.534. The van der Waals surface area contributed by atoms with Crippen LogP contribution in [0.5, 0.6) is 5.75 Å². The number of rotatable bonds is 3.